The van der Waals surface area contributed by atoms with Crippen LogP contribution in [0.15, 0.2) is 0 Å². The number of hydrogen-bond acceptors (Lipinski definition) is 4. The Hall–Kier alpha value is 0.130. The fraction of sp³-hybridized carbons (Fsp3) is 1.00. The average Bonchev–Trinajstić information content (AvgIpc) is 2.38. The van der Waals surface area contributed by atoms with E-state index in [4.69, 9.17) is 21.1 Å². The molecule has 0 bridgehead atoms. The molecule has 0 aliphatic carbocycles. The maximum atomic E-state index is 5.70. The lowest BCUT2D eigenvalue weighted by Crippen LogP contribution is -2.46. The van der Waals surface area contributed by atoms with Crippen LogP contribution in [0.25, 0.3) is 0 Å². The molecule has 1 aliphatic heterocycles. The predicted octanol–water partition coefficient (Wildman–Crippen LogP) is 0.942. The second-order valence-electron chi connectivity index (χ2n) is 4.25. The van der Waals surface area contributed by atoms with Crippen molar-refractivity contribution in [2.24, 2.45) is 0 Å². The van der Waals surface area contributed by atoms with Gasteiger partial charge in [-0.05, 0) is 19.5 Å². The van der Waals surface area contributed by atoms with Crippen molar-refractivity contribution < 1.29 is 9.47 Å². The van der Waals surface area contributed by atoms with Crippen molar-refractivity contribution in [3.8, 4) is 0 Å². The Morgan fingerprint density at radius 2 is 2.35 bits per heavy atom. The van der Waals surface area contributed by atoms with E-state index in [1.54, 1.807) is 0 Å². The van der Waals surface area contributed by atoms with Gasteiger partial charge in [-0.15, -0.1) is 11.6 Å². The molecule has 0 saturated carbocycles. The number of hydrogen-bond donors (Lipinski definition) is 1. The summed E-state index contributed by atoms with van der Waals surface area (Å²) in [6.07, 6.45) is 1.37. The van der Waals surface area contributed by atoms with Crippen molar-refractivity contribution in [2.75, 3.05) is 58.4 Å². The molecule has 1 atom stereocenters. The van der Waals surface area contributed by atoms with Crippen molar-refractivity contribution in [2.45, 2.75) is 19.4 Å². The van der Waals surface area contributed by atoms with Crippen molar-refractivity contribution in [1.29, 1.82) is 0 Å². The zero-order valence-electron chi connectivity index (χ0n) is 10.8. The Kier molecular flexibility index (Phi) is 9.01. The number of alkyl halides is 1. The summed E-state index contributed by atoms with van der Waals surface area (Å²) in [6, 6.07) is 0. The summed E-state index contributed by atoms with van der Waals surface area (Å²) in [5.74, 6) is 0.580. The van der Waals surface area contributed by atoms with Gasteiger partial charge in [-0.25, -0.2) is 0 Å². The normalized spacial score (nSPS) is 21.9. The minimum absolute atomic E-state index is 0.340. The van der Waals surface area contributed by atoms with E-state index in [-0.39, 0.29) is 0 Å². The van der Waals surface area contributed by atoms with Crippen LogP contribution in [-0.2, 0) is 9.47 Å². The first-order valence-corrected chi connectivity index (χ1v) is 7.08. The first kappa shape index (κ1) is 15.2. The highest BCUT2D eigenvalue weighted by atomic mass is 35.5. The Bertz CT molecular complexity index is 184. The molecule has 0 aromatic carbocycles. The van der Waals surface area contributed by atoms with Gasteiger partial charge in [0.25, 0.3) is 0 Å². The van der Waals surface area contributed by atoms with E-state index in [0.29, 0.717) is 18.6 Å². The number of likely N-dealkylation sites (N-methyl/N-ethyl adjacent to an activating group) is 1. The van der Waals surface area contributed by atoms with Crippen LogP contribution < -0.4 is 5.32 Å². The number of ether oxygens (including phenoxy) is 2. The van der Waals surface area contributed by atoms with Gasteiger partial charge >= 0.3 is 0 Å². The number of morpholine rings is 1. The second-order valence-corrected chi connectivity index (χ2v) is 4.62. The topological polar surface area (TPSA) is 33.7 Å². The standard InChI is InChI=1S/C12H25ClN2O2/c1-2-15-6-9-17-12(11-15)10-14-5-3-7-16-8-4-13/h12,14H,2-11H2,1H3. The fourth-order valence-electron chi connectivity index (χ4n) is 1.91. The van der Waals surface area contributed by atoms with Gasteiger partial charge in [-0.3, -0.25) is 4.90 Å². The summed E-state index contributed by atoms with van der Waals surface area (Å²) >= 11 is 5.51. The predicted molar refractivity (Wildman–Crippen MR) is 70.9 cm³/mol. The van der Waals surface area contributed by atoms with Crippen LogP contribution in [0.1, 0.15) is 13.3 Å². The minimum Gasteiger partial charge on any atom is -0.380 e. The van der Waals surface area contributed by atoms with E-state index in [1.807, 2.05) is 0 Å². The summed E-state index contributed by atoms with van der Waals surface area (Å²) in [5.41, 5.74) is 0. The molecule has 102 valence electrons. The van der Waals surface area contributed by atoms with Crippen LogP contribution in [-0.4, -0.2) is 69.4 Å². The lowest BCUT2D eigenvalue weighted by molar-refractivity contribution is -0.0253. The third kappa shape index (κ3) is 7.21. The number of halogens is 1. The third-order valence-electron chi connectivity index (χ3n) is 2.91. The van der Waals surface area contributed by atoms with E-state index >= 15 is 0 Å². The van der Waals surface area contributed by atoms with Crippen molar-refractivity contribution >= 4 is 11.6 Å². The summed E-state index contributed by atoms with van der Waals surface area (Å²) in [4.78, 5) is 2.43. The van der Waals surface area contributed by atoms with Crippen molar-refractivity contribution in [3.63, 3.8) is 0 Å². The largest absolute Gasteiger partial charge is 0.380 e. The monoisotopic (exact) mass is 264 g/mol. The zero-order chi connectivity index (χ0) is 12.3. The van der Waals surface area contributed by atoms with E-state index in [0.717, 1.165) is 52.4 Å². The number of rotatable bonds is 9. The maximum absolute atomic E-state index is 5.70. The number of nitrogens with one attached hydrogen (secondary N) is 1. The molecule has 5 heteroatoms. The quantitative estimate of drug-likeness (QED) is 0.497. The van der Waals surface area contributed by atoms with E-state index < -0.39 is 0 Å². The average molecular weight is 265 g/mol. The summed E-state index contributed by atoms with van der Waals surface area (Å²) in [6.45, 7) is 9.64. The fourth-order valence-corrected chi connectivity index (χ4v) is 2.02. The molecule has 1 saturated heterocycles. The van der Waals surface area contributed by atoms with Crippen LogP contribution in [0.2, 0.25) is 0 Å². The number of nitrogens with zero attached hydrogens (tertiary/aromatic N) is 1. The van der Waals surface area contributed by atoms with Gasteiger partial charge in [-0.2, -0.15) is 0 Å². The van der Waals surface area contributed by atoms with Crippen molar-refractivity contribution in [1.82, 2.24) is 10.2 Å². The molecule has 0 spiro atoms. The maximum Gasteiger partial charge on any atom is 0.0826 e. The summed E-state index contributed by atoms with van der Waals surface area (Å²) < 4.78 is 11.0. The van der Waals surface area contributed by atoms with Crippen molar-refractivity contribution in [3.05, 3.63) is 0 Å². The van der Waals surface area contributed by atoms with Gasteiger partial charge < -0.3 is 14.8 Å². The first-order chi connectivity index (χ1) is 8.36. The zero-order valence-corrected chi connectivity index (χ0v) is 11.5. The highest BCUT2D eigenvalue weighted by Crippen LogP contribution is 2.03. The first-order valence-electron chi connectivity index (χ1n) is 6.55. The van der Waals surface area contributed by atoms with E-state index in [2.05, 4.69) is 17.1 Å². The summed E-state index contributed by atoms with van der Waals surface area (Å²) in [5, 5.41) is 3.41. The van der Waals surface area contributed by atoms with Crippen LogP contribution in [0.3, 0.4) is 0 Å². The molecular formula is C12H25ClN2O2. The smallest absolute Gasteiger partial charge is 0.0826 e. The molecule has 1 fully saturated rings. The Morgan fingerprint density at radius 1 is 1.47 bits per heavy atom. The van der Waals surface area contributed by atoms with Crippen LogP contribution in [0.5, 0.6) is 0 Å². The molecule has 4 nitrogen and oxygen atoms in total. The Morgan fingerprint density at radius 3 is 3.12 bits per heavy atom. The van der Waals surface area contributed by atoms with Gasteiger partial charge in [0, 0.05) is 32.1 Å². The Balaban J connectivity index is 1.91. The molecule has 0 amide bonds. The second kappa shape index (κ2) is 10.1. The molecule has 0 aromatic heterocycles. The molecule has 1 N–H and O–H groups in total. The summed E-state index contributed by atoms with van der Waals surface area (Å²) in [7, 11) is 0. The molecule has 1 aliphatic rings. The van der Waals surface area contributed by atoms with Crippen LogP contribution >= 0.6 is 11.6 Å². The SMILES string of the molecule is CCN1CCOC(CNCCCOCCCl)C1. The highest BCUT2D eigenvalue weighted by Gasteiger charge is 2.18. The van der Waals surface area contributed by atoms with Gasteiger partial charge in [-0.1, -0.05) is 6.92 Å². The molecular weight excluding hydrogens is 240 g/mol. The molecule has 0 radical (unpaired) electrons. The van der Waals surface area contributed by atoms with E-state index in [1.165, 1.54) is 0 Å². The third-order valence-corrected chi connectivity index (χ3v) is 3.06. The van der Waals surface area contributed by atoms with E-state index in [9.17, 15) is 0 Å². The molecule has 0 aromatic rings. The van der Waals surface area contributed by atoms with Gasteiger partial charge in [0.05, 0.1) is 19.3 Å². The van der Waals surface area contributed by atoms with Crippen LogP contribution in [0.4, 0.5) is 0 Å². The minimum atomic E-state index is 0.340. The molecule has 1 heterocycles. The molecule has 17 heavy (non-hydrogen) atoms. The van der Waals surface area contributed by atoms with Gasteiger partial charge in [0.1, 0.15) is 0 Å². The molecule has 1 unspecified atom stereocenters. The van der Waals surface area contributed by atoms with Crippen LogP contribution in [0, 0.1) is 0 Å². The van der Waals surface area contributed by atoms with Gasteiger partial charge in [0.2, 0.25) is 0 Å². The lowest BCUT2D eigenvalue weighted by Gasteiger charge is -2.32. The lowest BCUT2D eigenvalue weighted by atomic mass is 10.2. The molecule has 1 rings (SSSR count). The Labute approximate surface area is 110 Å². The highest BCUT2D eigenvalue weighted by molar-refractivity contribution is 6.17. The van der Waals surface area contributed by atoms with Gasteiger partial charge in [0.15, 0.2) is 0 Å².